The quantitative estimate of drug-likeness (QED) is 0.723. The molecule has 0 fully saturated rings. The fraction of sp³-hybridized carbons (Fsp3) is 0.562. The molecule has 0 bridgehead atoms. The summed E-state index contributed by atoms with van der Waals surface area (Å²) in [6.45, 7) is 6.32. The number of nitrogens with one attached hydrogen (secondary N) is 1. The van der Waals surface area contributed by atoms with Crippen LogP contribution in [0.15, 0.2) is 24.3 Å². The van der Waals surface area contributed by atoms with Crippen molar-refractivity contribution < 1.29 is 9.90 Å². The lowest BCUT2D eigenvalue weighted by Gasteiger charge is -2.21. The summed E-state index contributed by atoms with van der Waals surface area (Å²) in [6.07, 6.45) is 1.29. The van der Waals surface area contributed by atoms with Gasteiger partial charge in [0, 0.05) is 6.54 Å². The highest BCUT2D eigenvalue weighted by atomic mass is 35.5. The molecule has 2 unspecified atom stereocenters. The molecule has 0 aliphatic heterocycles. The number of halogens is 1. The zero-order valence-electron chi connectivity index (χ0n) is 13.0. The summed E-state index contributed by atoms with van der Waals surface area (Å²) in [4.78, 5) is 12.0. The Bertz CT molecular complexity index is 419. The van der Waals surface area contributed by atoms with Gasteiger partial charge in [0.25, 0.3) is 0 Å². The Morgan fingerprint density at radius 3 is 2.24 bits per heavy atom. The molecule has 0 saturated carbocycles. The number of aliphatic hydroxyl groups excluding tert-OH is 1. The number of hydrogen-bond acceptors (Lipinski definition) is 3. The summed E-state index contributed by atoms with van der Waals surface area (Å²) < 4.78 is 0. The average Bonchev–Trinajstić information content (AvgIpc) is 2.46. The SMILES string of the molecule is CCC(CC)C(O)CNC(=O)C(N)c1ccc(C)cc1.Cl. The second-order valence-electron chi connectivity index (χ2n) is 5.28. The normalized spacial score (nSPS) is 13.4. The van der Waals surface area contributed by atoms with Gasteiger partial charge in [-0.15, -0.1) is 12.4 Å². The lowest BCUT2D eigenvalue weighted by atomic mass is 9.96. The van der Waals surface area contributed by atoms with Crippen molar-refractivity contribution in [3.63, 3.8) is 0 Å². The molecule has 0 saturated heterocycles. The van der Waals surface area contributed by atoms with Gasteiger partial charge in [0.05, 0.1) is 6.10 Å². The average molecular weight is 315 g/mol. The number of rotatable bonds is 7. The van der Waals surface area contributed by atoms with Crippen LogP contribution in [-0.2, 0) is 4.79 Å². The molecule has 0 aromatic heterocycles. The number of benzene rings is 1. The molecule has 2 atom stereocenters. The lowest BCUT2D eigenvalue weighted by Crippen LogP contribution is -2.40. The maximum Gasteiger partial charge on any atom is 0.241 e. The van der Waals surface area contributed by atoms with Crippen molar-refractivity contribution in [1.29, 1.82) is 0 Å². The summed E-state index contributed by atoms with van der Waals surface area (Å²) >= 11 is 0. The van der Waals surface area contributed by atoms with Gasteiger partial charge in [-0.3, -0.25) is 4.79 Å². The van der Waals surface area contributed by atoms with Crippen molar-refractivity contribution in [3.8, 4) is 0 Å². The number of nitrogens with two attached hydrogens (primary N) is 1. The summed E-state index contributed by atoms with van der Waals surface area (Å²) in [5.41, 5.74) is 7.83. The Morgan fingerprint density at radius 2 is 1.76 bits per heavy atom. The van der Waals surface area contributed by atoms with E-state index >= 15 is 0 Å². The molecule has 1 amide bonds. The summed E-state index contributed by atoms with van der Waals surface area (Å²) in [6, 6.07) is 6.89. The van der Waals surface area contributed by atoms with E-state index in [1.807, 2.05) is 45.0 Å². The first kappa shape index (κ1) is 19.9. The van der Waals surface area contributed by atoms with Gasteiger partial charge in [-0.2, -0.15) is 0 Å². The molecule has 4 N–H and O–H groups in total. The second kappa shape index (κ2) is 9.77. The van der Waals surface area contributed by atoms with Crippen molar-refractivity contribution >= 4 is 18.3 Å². The van der Waals surface area contributed by atoms with Gasteiger partial charge in [0.2, 0.25) is 5.91 Å². The van der Waals surface area contributed by atoms with Crippen molar-refractivity contribution in [1.82, 2.24) is 5.32 Å². The van der Waals surface area contributed by atoms with Crippen LogP contribution in [0.1, 0.15) is 43.9 Å². The van der Waals surface area contributed by atoms with E-state index in [-0.39, 0.29) is 30.8 Å². The van der Waals surface area contributed by atoms with Gasteiger partial charge in [-0.05, 0) is 18.4 Å². The highest BCUT2D eigenvalue weighted by Gasteiger charge is 2.19. The predicted molar refractivity (Wildman–Crippen MR) is 88.4 cm³/mol. The number of aryl methyl sites for hydroxylation is 1. The molecule has 0 heterocycles. The predicted octanol–water partition coefficient (Wildman–Crippen LogP) is 2.33. The smallest absolute Gasteiger partial charge is 0.241 e. The van der Waals surface area contributed by atoms with Crippen LogP contribution in [0.25, 0.3) is 0 Å². The fourth-order valence-electron chi connectivity index (χ4n) is 2.24. The molecule has 0 radical (unpaired) electrons. The molecular formula is C16H27ClN2O2. The Hall–Kier alpha value is -1.10. The highest BCUT2D eigenvalue weighted by molar-refractivity contribution is 5.85. The van der Waals surface area contributed by atoms with E-state index < -0.39 is 12.1 Å². The molecule has 5 heteroatoms. The maximum atomic E-state index is 12.0. The number of aliphatic hydroxyl groups is 1. The van der Waals surface area contributed by atoms with Gasteiger partial charge in [0.1, 0.15) is 6.04 Å². The van der Waals surface area contributed by atoms with E-state index in [9.17, 15) is 9.90 Å². The van der Waals surface area contributed by atoms with E-state index in [1.54, 1.807) is 0 Å². The zero-order valence-corrected chi connectivity index (χ0v) is 13.8. The third kappa shape index (κ3) is 6.04. The first-order valence-corrected chi connectivity index (χ1v) is 7.27. The van der Waals surface area contributed by atoms with Crippen LogP contribution < -0.4 is 11.1 Å². The van der Waals surface area contributed by atoms with Crippen molar-refractivity contribution in [2.45, 2.75) is 45.8 Å². The first-order valence-electron chi connectivity index (χ1n) is 7.27. The number of carbonyl (C=O) groups is 1. The Labute approximate surface area is 133 Å². The Morgan fingerprint density at radius 1 is 1.24 bits per heavy atom. The fourth-order valence-corrected chi connectivity index (χ4v) is 2.24. The Kier molecular flexibility index (Phi) is 9.26. The van der Waals surface area contributed by atoms with E-state index in [2.05, 4.69) is 5.32 Å². The van der Waals surface area contributed by atoms with E-state index in [1.165, 1.54) is 0 Å². The van der Waals surface area contributed by atoms with Crippen LogP contribution in [0.2, 0.25) is 0 Å². The van der Waals surface area contributed by atoms with Crippen LogP contribution in [0.3, 0.4) is 0 Å². The molecule has 120 valence electrons. The lowest BCUT2D eigenvalue weighted by molar-refractivity contribution is -0.123. The van der Waals surface area contributed by atoms with Gasteiger partial charge in [0.15, 0.2) is 0 Å². The molecule has 0 spiro atoms. The van der Waals surface area contributed by atoms with Crippen molar-refractivity contribution in [3.05, 3.63) is 35.4 Å². The van der Waals surface area contributed by atoms with Gasteiger partial charge < -0.3 is 16.2 Å². The monoisotopic (exact) mass is 314 g/mol. The summed E-state index contributed by atoms with van der Waals surface area (Å²) in [5, 5.41) is 12.7. The zero-order chi connectivity index (χ0) is 15.1. The third-order valence-electron chi connectivity index (χ3n) is 3.80. The van der Waals surface area contributed by atoms with E-state index in [0.717, 1.165) is 24.0 Å². The van der Waals surface area contributed by atoms with Crippen LogP contribution in [0.4, 0.5) is 0 Å². The topological polar surface area (TPSA) is 75.3 Å². The summed E-state index contributed by atoms with van der Waals surface area (Å²) in [5.74, 6) is -0.0373. The minimum atomic E-state index is -0.690. The minimum Gasteiger partial charge on any atom is -0.391 e. The van der Waals surface area contributed by atoms with Crippen LogP contribution in [0, 0.1) is 12.8 Å². The molecule has 21 heavy (non-hydrogen) atoms. The van der Waals surface area contributed by atoms with E-state index in [0.29, 0.717) is 0 Å². The van der Waals surface area contributed by atoms with E-state index in [4.69, 9.17) is 5.73 Å². The first-order chi connectivity index (χ1) is 9.49. The maximum absolute atomic E-state index is 12.0. The molecule has 4 nitrogen and oxygen atoms in total. The number of carbonyl (C=O) groups excluding carboxylic acids is 1. The largest absolute Gasteiger partial charge is 0.391 e. The number of amides is 1. The van der Waals surface area contributed by atoms with Gasteiger partial charge in [-0.1, -0.05) is 56.5 Å². The molecule has 1 rings (SSSR count). The third-order valence-corrected chi connectivity index (χ3v) is 3.80. The number of hydrogen-bond donors (Lipinski definition) is 3. The molecule has 1 aromatic carbocycles. The van der Waals surface area contributed by atoms with Crippen LogP contribution in [-0.4, -0.2) is 23.7 Å². The molecule has 0 aliphatic carbocycles. The standard InChI is InChI=1S/C16H26N2O2.ClH/c1-4-12(5-2)14(19)10-18-16(20)15(17)13-8-6-11(3)7-9-13;/h6-9,12,14-15,19H,4-5,10,17H2,1-3H3,(H,18,20);1H. The Balaban J connectivity index is 0.00000400. The molecule has 1 aromatic rings. The second-order valence-corrected chi connectivity index (χ2v) is 5.28. The van der Waals surface area contributed by atoms with Crippen LogP contribution in [0.5, 0.6) is 0 Å². The summed E-state index contributed by atoms with van der Waals surface area (Å²) in [7, 11) is 0. The van der Waals surface area contributed by atoms with Gasteiger partial charge >= 0.3 is 0 Å². The van der Waals surface area contributed by atoms with Crippen molar-refractivity contribution in [2.75, 3.05) is 6.54 Å². The molecule has 0 aliphatic rings. The van der Waals surface area contributed by atoms with Crippen LogP contribution >= 0.6 is 12.4 Å². The highest BCUT2D eigenvalue weighted by Crippen LogP contribution is 2.14. The van der Waals surface area contributed by atoms with Crippen molar-refractivity contribution in [2.24, 2.45) is 11.7 Å². The molecular weight excluding hydrogens is 288 g/mol. The minimum absolute atomic E-state index is 0. The van der Waals surface area contributed by atoms with Gasteiger partial charge in [-0.25, -0.2) is 0 Å².